The average Bonchev–Trinajstić information content (AvgIpc) is 2.28. The first-order chi connectivity index (χ1) is 4.97. The molecule has 0 atom stereocenters. The Kier molecular flexibility index (Phi) is 1.43. The summed E-state index contributed by atoms with van der Waals surface area (Å²) in [7, 11) is 0. The van der Waals surface area contributed by atoms with Gasteiger partial charge in [-0.05, 0) is 0 Å². The third-order valence-corrected chi connectivity index (χ3v) is 1.89. The molecule has 10 heavy (non-hydrogen) atoms. The lowest BCUT2D eigenvalue weighted by Gasteiger charge is -1.98. The molecule has 2 rings (SSSR count). The van der Waals surface area contributed by atoms with E-state index in [4.69, 9.17) is 0 Å². The summed E-state index contributed by atoms with van der Waals surface area (Å²) in [5.41, 5.74) is 1.35. The van der Waals surface area contributed by atoms with Crippen molar-refractivity contribution in [3.8, 4) is 0 Å². The second kappa shape index (κ2) is 2.42. The van der Waals surface area contributed by atoms with Gasteiger partial charge in [-0.1, -0.05) is 0 Å². The summed E-state index contributed by atoms with van der Waals surface area (Å²) in [6, 6.07) is 0. The van der Waals surface area contributed by atoms with E-state index >= 15 is 0 Å². The molecule has 0 saturated heterocycles. The van der Waals surface area contributed by atoms with E-state index < -0.39 is 0 Å². The highest BCUT2D eigenvalue weighted by molar-refractivity contribution is 5.00. The molecule has 0 spiro atoms. The van der Waals surface area contributed by atoms with Gasteiger partial charge in [-0.15, -0.1) is 0 Å². The maximum atomic E-state index is 4.08. The van der Waals surface area contributed by atoms with Crippen molar-refractivity contribution >= 4 is 0 Å². The van der Waals surface area contributed by atoms with Crippen LogP contribution in [0.1, 0.15) is 5.69 Å². The Bertz CT molecular complexity index is 196. The van der Waals surface area contributed by atoms with Crippen molar-refractivity contribution in [1.29, 1.82) is 0 Å². The maximum absolute atomic E-state index is 4.08. The van der Waals surface area contributed by atoms with Crippen LogP contribution in [-0.2, 0) is 13.0 Å². The van der Waals surface area contributed by atoms with Crippen molar-refractivity contribution in [3.63, 3.8) is 0 Å². The van der Waals surface area contributed by atoms with Gasteiger partial charge in [0.05, 0.1) is 6.33 Å². The van der Waals surface area contributed by atoms with Gasteiger partial charge >= 0.3 is 0 Å². The standard InChI is InChI=1S/C7H11N3/c1-2-8-3-4-10-6-9-5-7(1)10/h5-6,8H,1-4H2. The van der Waals surface area contributed by atoms with Gasteiger partial charge in [0.15, 0.2) is 0 Å². The zero-order chi connectivity index (χ0) is 6.81. The zero-order valence-corrected chi connectivity index (χ0v) is 5.88. The van der Waals surface area contributed by atoms with Crippen LogP contribution in [-0.4, -0.2) is 22.6 Å². The second-order valence-electron chi connectivity index (χ2n) is 2.58. The summed E-state index contributed by atoms with van der Waals surface area (Å²) in [5.74, 6) is 0. The van der Waals surface area contributed by atoms with E-state index in [-0.39, 0.29) is 0 Å². The molecule has 0 radical (unpaired) electrons. The minimum atomic E-state index is 1.06. The Morgan fingerprint density at radius 3 is 3.50 bits per heavy atom. The van der Waals surface area contributed by atoms with Crippen molar-refractivity contribution in [3.05, 3.63) is 18.2 Å². The van der Waals surface area contributed by atoms with Crippen LogP contribution in [0.5, 0.6) is 0 Å². The SMILES string of the molecule is c1ncn2c1CCNCC2. The monoisotopic (exact) mass is 137 g/mol. The van der Waals surface area contributed by atoms with Crippen LogP contribution >= 0.6 is 0 Å². The van der Waals surface area contributed by atoms with Crippen LogP contribution in [0.2, 0.25) is 0 Å². The first-order valence-electron chi connectivity index (χ1n) is 3.66. The summed E-state index contributed by atoms with van der Waals surface area (Å²) in [6.45, 7) is 3.23. The Labute approximate surface area is 60.1 Å². The highest BCUT2D eigenvalue weighted by Gasteiger charge is 2.04. The van der Waals surface area contributed by atoms with Gasteiger partial charge in [-0.2, -0.15) is 0 Å². The number of hydrogen-bond donors (Lipinski definition) is 1. The molecule has 0 saturated carbocycles. The van der Waals surface area contributed by atoms with E-state index in [1.54, 1.807) is 0 Å². The molecule has 3 nitrogen and oxygen atoms in total. The van der Waals surface area contributed by atoms with E-state index in [1.165, 1.54) is 5.69 Å². The number of imidazole rings is 1. The minimum Gasteiger partial charge on any atom is -0.333 e. The molecule has 1 aliphatic heterocycles. The zero-order valence-electron chi connectivity index (χ0n) is 5.88. The molecule has 0 bridgehead atoms. The predicted octanol–water partition coefficient (Wildman–Crippen LogP) is 0.0288. The number of fused-ring (bicyclic) bond motifs is 1. The Hall–Kier alpha value is -0.830. The van der Waals surface area contributed by atoms with Crippen LogP contribution in [0.25, 0.3) is 0 Å². The normalized spacial score (nSPS) is 18.0. The van der Waals surface area contributed by atoms with Gasteiger partial charge in [0.1, 0.15) is 0 Å². The Balaban J connectivity index is 2.28. The molecule has 0 unspecified atom stereocenters. The molecule has 1 aromatic heterocycles. The molecule has 1 aliphatic rings. The Morgan fingerprint density at radius 1 is 1.50 bits per heavy atom. The van der Waals surface area contributed by atoms with Crippen LogP contribution in [0.15, 0.2) is 12.5 Å². The van der Waals surface area contributed by atoms with E-state index in [9.17, 15) is 0 Å². The summed E-state index contributed by atoms with van der Waals surface area (Å²) in [5, 5.41) is 3.33. The lowest BCUT2D eigenvalue weighted by Crippen LogP contribution is -2.17. The molecule has 1 N–H and O–H groups in total. The third-order valence-electron chi connectivity index (χ3n) is 1.89. The number of nitrogens with zero attached hydrogens (tertiary/aromatic N) is 2. The summed E-state index contributed by atoms with van der Waals surface area (Å²) >= 11 is 0. The number of nitrogens with one attached hydrogen (secondary N) is 1. The molecule has 0 fully saturated rings. The van der Waals surface area contributed by atoms with Crippen LogP contribution < -0.4 is 5.32 Å². The first kappa shape index (κ1) is 5.92. The van der Waals surface area contributed by atoms with E-state index in [0.29, 0.717) is 0 Å². The van der Waals surface area contributed by atoms with E-state index in [0.717, 1.165) is 26.1 Å². The summed E-state index contributed by atoms with van der Waals surface area (Å²) in [6.07, 6.45) is 4.97. The molecule has 2 heterocycles. The second-order valence-corrected chi connectivity index (χ2v) is 2.58. The maximum Gasteiger partial charge on any atom is 0.0948 e. The van der Waals surface area contributed by atoms with Crippen molar-refractivity contribution in [1.82, 2.24) is 14.9 Å². The number of rotatable bonds is 0. The van der Waals surface area contributed by atoms with Crippen molar-refractivity contribution in [2.24, 2.45) is 0 Å². The highest BCUT2D eigenvalue weighted by atomic mass is 15.1. The molecule has 0 aromatic carbocycles. The molecule has 3 heteroatoms. The Morgan fingerprint density at radius 2 is 2.50 bits per heavy atom. The lowest BCUT2D eigenvalue weighted by molar-refractivity contribution is 0.643. The highest BCUT2D eigenvalue weighted by Crippen LogP contribution is 2.01. The molecular formula is C7H11N3. The largest absolute Gasteiger partial charge is 0.333 e. The molecule has 54 valence electrons. The van der Waals surface area contributed by atoms with E-state index in [1.807, 2.05) is 12.5 Å². The fraction of sp³-hybridized carbons (Fsp3) is 0.571. The summed E-state index contributed by atoms with van der Waals surface area (Å²) in [4.78, 5) is 4.08. The van der Waals surface area contributed by atoms with Crippen LogP contribution in [0.4, 0.5) is 0 Å². The molecule has 1 aromatic rings. The van der Waals surface area contributed by atoms with Crippen LogP contribution in [0.3, 0.4) is 0 Å². The first-order valence-corrected chi connectivity index (χ1v) is 3.66. The van der Waals surface area contributed by atoms with Crippen molar-refractivity contribution < 1.29 is 0 Å². The molecule has 0 aliphatic carbocycles. The van der Waals surface area contributed by atoms with Crippen molar-refractivity contribution in [2.75, 3.05) is 13.1 Å². The topological polar surface area (TPSA) is 29.9 Å². The fourth-order valence-electron chi connectivity index (χ4n) is 1.30. The van der Waals surface area contributed by atoms with Gasteiger partial charge in [0, 0.05) is 37.9 Å². The third kappa shape index (κ3) is 0.926. The van der Waals surface area contributed by atoms with Gasteiger partial charge in [-0.3, -0.25) is 0 Å². The number of hydrogen-bond acceptors (Lipinski definition) is 2. The van der Waals surface area contributed by atoms with E-state index in [2.05, 4.69) is 14.9 Å². The smallest absolute Gasteiger partial charge is 0.0948 e. The number of aromatic nitrogens is 2. The average molecular weight is 137 g/mol. The van der Waals surface area contributed by atoms with Crippen molar-refractivity contribution in [2.45, 2.75) is 13.0 Å². The molecular weight excluding hydrogens is 126 g/mol. The van der Waals surface area contributed by atoms with Gasteiger partial charge in [0.2, 0.25) is 0 Å². The lowest BCUT2D eigenvalue weighted by atomic mass is 10.3. The minimum absolute atomic E-state index is 1.06. The van der Waals surface area contributed by atoms with Gasteiger partial charge in [0.25, 0.3) is 0 Å². The summed E-state index contributed by atoms with van der Waals surface area (Å²) < 4.78 is 2.21. The quantitative estimate of drug-likeness (QED) is 0.546. The predicted molar refractivity (Wildman–Crippen MR) is 38.8 cm³/mol. The van der Waals surface area contributed by atoms with Gasteiger partial charge in [-0.25, -0.2) is 4.98 Å². The molecule has 0 amide bonds. The van der Waals surface area contributed by atoms with Gasteiger partial charge < -0.3 is 9.88 Å². The van der Waals surface area contributed by atoms with Crippen LogP contribution in [0, 0.1) is 0 Å². The fourth-order valence-corrected chi connectivity index (χ4v) is 1.30.